The number of esters is 1. The maximum atomic E-state index is 13.1. The zero-order valence-electron chi connectivity index (χ0n) is 13.8. The average molecular weight is 327 g/mol. The SMILES string of the molecule is CCOC(=O)[C@@H]1[C@H]2C(=O)N([C@H](C)c3ccccc3)C[C@]23C=C[C@H]1O3. The van der Waals surface area contributed by atoms with E-state index in [9.17, 15) is 9.59 Å². The van der Waals surface area contributed by atoms with Crippen molar-refractivity contribution in [3.05, 3.63) is 48.0 Å². The summed E-state index contributed by atoms with van der Waals surface area (Å²) in [4.78, 5) is 27.3. The second-order valence-electron chi connectivity index (χ2n) is 6.70. The number of carbonyl (C=O) groups is 2. The lowest BCUT2D eigenvalue weighted by molar-refractivity contribution is -0.153. The summed E-state index contributed by atoms with van der Waals surface area (Å²) in [6.07, 6.45) is 3.53. The van der Waals surface area contributed by atoms with Crippen LogP contribution in [-0.2, 0) is 19.1 Å². The van der Waals surface area contributed by atoms with Gasteiger partial charge in [-0.25, -0.2) is 0 Å². The van der Waals surface area contributed by atoms with Gasteiger partial charge in [0.05, 0.1) is 31.2 Å². The van der Waals surface area contributed by atoms with Crippen LogP contribution in [0.1, 0.15) is 25.5 Å². The molecule has 24 heavy (non-hydrogen) atoms. The molecule has 3 aliphatic rings. The Bertz CT molecular complexity index is 701. The molecule has 0 unspecified atom stereocenters. The lowest BCUT2D eigenvalue weighted by Gasteiger charge is -2.27. The Hall–Kier alpha value is -2.14. The summed E-state index contributed by atoms with van der Waals surface area (Å²) in [6, 6.07) is 9.86. The van der Waals surface area contributed by atoms with Gasteiger partial charge in [0.2, 0.25) is 5.91 Å². The fourth-order valence-corrected chi connectivity index (χ4v) is 4.27. The van der Waals surface area contributed by atoms with E-state index in [1.807, 2.05) is 54.3 Å². The van der Waals surface area contributed by atoms with Crippen molar-refractivity contribution in [3.63, 3.8) is 0 Å². The molecule has 1 aromatic carbocycles. The normalized spacial score (nSPS) is 34.5. The molecule has 0 N–H and O–H groups in total. The van der Waals surface area contributed by atoms with E-state index in [-0.39, 0.29) is 24.0 Å². The number of hydrogen-bond donors (Lipinski definition) is 0. The van der Waals surface area contributed by atoms with Crippen LogP contribution >= 0.6 is 0 Å². The fourth-order valence-electron chi connectivity index (χ4n) is 4.27. The molecule has 1 spiro atoms. The number of likely N-dealkylation sites (tertiary alicyclic amines) is 1. The Morgan fingerprint density at radius 3 is 2.88 bits per heavy atom. The summed E-state index contributed by atoms with van der Waals surface area (Å²) in [6.45, 7) is 4.58. The van der Waals surface area contributed by atoms with Gasteiger partial charge in [-0.1, -0.05) is 42.5 Å². The van der Waals surface area contributed by atoms with Crippen molar-refractivity contribution in [1.29, 1.82) is 0 Å². The third kappa shape index (κ3) is 2.04. The highest BCUT2D eigenvalue weighted by Crippen LogP contribution is 2.53. The molecule has 2 bridgehead atoms. The van der Waals surface area contributed by atoms with Crippen LogP contribution in [0.4, 0.5) is 0 Å². The highest BCUT2D eigenvalue weighted by molar-refractivity contribution is 5.91. The van der Waals surface area contributed by atoms with Gasteiger partial charge in [-0.3, -0.25) is 9.59 Å². The van der Waals surface area contributed by atoms with Crippen LogP contribution in [0, 0.1) is 11.8 Å². The summed E-state index contributed by atoms with van der Waals surface area (Å²) >= 11 is 0. The molecule has 0 saturated carbocycles. The first-order valence-corrected chi connectivity index (χ1v) is 8.46. The first-order chi connectivity index (χ1) is 11.6. The molecule has 1 aromatic rings. The minimum absolute atomic E-state index is 0.0174. The van der Waals surface area contributed by atoms with Crippen molar-refractivity contribution < 1.29 is 19.1 Å². The molecule has 3 aliphatic heterocycles. The van der Waals surface area contributed by atoms with Crippen LogP contribution in [0.3, 0.4) is 0 Å². The van der Waals surface area contributed by atoms with Gasteiger partial charge in [0, 0.05) is 0 Å². The molecule has 0 aliphatic carbocycles. The summed E-state index contributed by atoms with van der Waals surface area (Å²) in [5.41, 5.74) is 0.399. The number of hydrogen-bond acceptors (Lipinski definition) is 4. The monoisotopic (exact) mass is 327 g/mol. The summed E-state index contributed by atoms with van der Waals surface area (Å²) in [7, 11) is 0. The van der Waals surface area contributed by atoms with Gasteiger partial charge in [-0.2, -0.15) is 0 Å². The molecule has 3 heterocycles. The van der Waals surface area contributed by atoms with Crippen molar-refractivity contribution >= 4 is 11.9 Å². The molecule has 0 aromatic heterocycles. The Balaban J connectivity index is 1.64. The molecular weight excluding hydrogens is 306 g/mol. The zero-order valence-corrected chi connectivity index (χ0v) is 13.8. The predicted molar refractivity (Wildman–Crippen MR) is 86.9 cm³/mol. The van der Waals surface area contributed by atoms with Gasteiger partial charge < -0.3 is 14.4 Å². The van der Waals surface area contributed by atoms with Crippen molar-refractivity contribution in [2.75, 3.05) is 13.2 Å². The van der Waals surface area contributed by atoms with E-state index in [4.69, 9.17) is 9.47 Å². The van der Waals surface area contributed by atoms with E-state index >= 15 is 0 Å². The Morgan fingerprint density at radius 1 is 1.42 bits per heavy atom. The molecule has 4 rings (SSSR count). The summed E-state index contributed by atoms with van der Waals surface area (Å²) in [5, 5.41) is 0. The van der Waals surface area contributed by atoms with Gasteiger partial charge >= 0.3 is 5.97 Å². The zero-order chi connectivity index (χ0) is 16.9. The Kier molecular flexibility index (Phi) is 3.49. The van der Waals surface area contributed by atoms with Gasteiger partial charge in [-0.05, 0) is 19.4 Å². The molecule has 1 amide bonds. The minimum atomic E-state index is -0.678. The molecule has 5 heteroatoms. The minimum Gasteiger partial charge on any atom is -0.466 e. The maximum Gasteiger partial charge on any atom is 0.312 e. The number of benzene rings is 1. The number of nitrogens with zero attached hydrogens (tertiary/aromatic N) is 1. The third-order valence-electron chi connectivity index (χ3n) is 5.44. The van der Waals surface area contributed by atoms with E-state index in [0.717, 1.165) is 5.56 Å². The first-order valence-electron chi connectivity index (χ1n) is 8.46. The highest BCUT2D eigenvalue weighted by atomic mass is 16.6. The Morgan fingerprint density at radius 2 is 2.17 bits per heavy atom. The fraction of sp³-hybridized carbons (Fsp3) is 0.474. The second-order valence-corrected chi connectivity index (χ2v) is 6.70. The number of carbonyl (C=O) groups excluding carboxylic acids is 2. The van der Waals surface area contributed by atoms with Crippen LogP contribution in [0.25, 0.3) is 0 Å². The van der Waals surface area contributed by atoms with Crippen molar-refractivity contribution in [1.82, 2.24) is 4.90 Å². The van der Waals surface area contributed by atoms with Crippen molar-refractivity contribution in [2.24, 2.45) is 11.8 Å². The largest absolute Gasteiger partial charge is 0.466 e. The quantitative estimate of drug-likeness (QED) is 0.628. The Labute approximate surface area is 141 Å². The van der Waals surface area contributed by atoms with E-state index < -0.39 is 17.4 Å². The van der Waals surface area contributed by atoms with E-state index in [2.05, 4.69) is 0 Å². The molecule has 2 saturated heterocycles. The molecule has 2 fully saturated rings. The van der Waals surface area contributed by atoms with Crippen LogP contribution in [0.15, 0.2) is 42.5 Å². The predicted octanol–water partition coefficient (Wildman–Crippen LogP) is 2.09. The van der Waals surface area contributed by atoms with Crippen molar-refractivity contribution in [3.8, 4) is 0 Å². The summed E-state index contributed by atoms with van der Waals surface area (Å²) in [5.74, 6) is -1.36. The van der Waals surface area contributed by atoms with Crippen LogP contribution < -0.4 is 0 Å². The number of rotatable bonds is 4. The molecule has 0 radical (unpaired) electrons. The lowest BCUT2D eigenvalue weighted by atomic mass is 9.77. The standard InChI is InChI=1S/C19H21NO4/c1-3-23-18(22)15-14-9-10-19(24-14)11-20(17(21)16(15)19)12(2)13-7-5-4-6-8-13/h4-10,12,14-16H,3,11H2,1-2H3/t12-,14-,15+,16+,19-/m1/s1. The number of fused-ring (bicyclic) bond motifs is 1. The topological polar surface area (TPSA) is 55.8 Å². The van der Waals surface area contributed by atoms with E-state index in [1.165, 1.54) is 0 Å². The number of ether oxygens (including phenoxy) is 2. The van der Waals surface area contributed by atoms with Crippen LogP contribution in [0.2, 0.25) is 0 Å². The molecular formula is C19H21NO4. The van der Waals surface area contributed by atoms with E-state index in [0.29, 0.717) is 13.2 Å². The first kappa shape index (κ1) is 15.4. The van der Waals surface area contributed by atoms with Gasteiger partial charge in [-0.15, -0.1) is 0 Å². The van der Waals surface area contributed by atoms with Gasteiger partial charge in [0.1, 0.15) is 11.5 Å². The maximum absolute atomic E-state index is 13.1. The lowest BCUT2D eigenvalue weighted by Crippen LogP contribution is -2.40. The average Bonchev–Trinajstić information content (AvgIpc) is 3.23. The molecule has 5 atom stereocenters. The van der Waals surface area contributed by atoms with Crippen LogP contribution in [0.5, 0.6) is 0 Å². The number of amides is 1. The van der Waals surface area contributed by atoms with Crippen LogP contribution in [-0.4, -0.2) is 41.6 Å². The highest BCUT2D eigenvalue weighted by Gasteiger charge is 2.67. The van der Waals surface area contributed by atoms with Crippen molar-refractivity contribution in [2.45, 2.75) is 31.6 Å². The van der Waals surface area contributed by atoms with E-state index in [1.54, 1.807) is 6.92 Å². The molecule has 126 valence electrons. The second kappa shape index (κ2) is 5.45. The van der Waals surface area contributed by atoms with Gasteiger partial charge in [0.15, 0.2) is 0 Å². The third-order valence-corrected chi connectivity index (χ3v) is 5.44. The smallest absolute Gasteiger partial charge is 0.312 e. The summed E-state index contributed by atoms with van der Waals surface area (Å²) < 4.78 is 11.3. The molecule has 5 nitrogen and oxygen atoms in total. The van der Waals surface area contributed by atoms with Gasteiger partial charge in [0.25, 0.3) is 0 Å².